The maximum absolute atomic E-state index is 11.0. The van der Waals surface area contributed by atoms with E-state index in [-0.39, 0.29) is 11.9 Å². The molecule has 0 aromatic carbocycles. The van der Waals surface area contributed by atoms with Crippen LogP contribution in [-0.4, -0.2) is 31.7 Å². The summed E-state index contributed by atoms with van der Waals surface area (Å²) in [5.74, 6) is 0.0556. The molecule has 4 nitrogen and oxygen atoms in total. The van der Waals surface area contributed by atoms with Gasteiger partial charge in [-0.2, -0.15) is 0 Å². The zero-order valence-electron chi connectivity index (χ0n) is 5.83. The molecule has 1 atom stereocenters. The smallest absolute Gasteiger partial charge is 0.191 e. The minimum atomic E-state index is -0.340. The lowest BCUT2D eigenvalue weighted by Crippen LogP contribution is -2.29. The average molecular weight is 142 g/mol. The zero-order valence-corrected chi connectivity index (χ0v) is 5.83. The summed E-state index contributed by atoms with van der Waals surface area (Å²) in [6, 6.07) is 0. The average Bonchev–Trinajstić information content (AvgIpc) is 2.38. The second-order valence-electron chi connectivity index (χ2n) is 2.11. The number of hydrogen-bond donors (Lipinski definition) is 1. The fourth-order valence-corrected chi connectivity index (χ4v) is 0.777. The Bertz CT molecular complexity index is 148. The van der Waals surface area contributed by atoms with Crippen LogP contribution in [0, 0.1) is 0 Å². The summed E-state index contributed by atoms with van der Waals surface area (Å²) in [6.07, 6.45) is 1.88. The lowest BCUT2D eigenvalue weighted by atomic mass is 10.2. The van der Waals surface area contributed by atoms with Gasteiger partial charge in [-0.1, -0.05) is 5.16 Å². The van der Waals surface area contributed by atoms with E-state index in [0.717, 1.165) is 0 Å². The van der Waals surface area contributed by atoms with Crippen LogP contribution in [0.1, 0.15) is 6.42 Å². The quantitative estimate of drug-likeness (QED) is 0.580. The molecule has 0 radical (unpaired) electrons. The molecule has 1 rings (SSSR count). The molecule has 0 saturated heterocycles. The van der Waals surface area contributed by atoms with Gasteiger partial charge in [0.15, 0.2) is 11.9 Å². The molecule has 56 valence electrons. The summed E-state index contributed by atoms with van der Waals surface area (Å²) in [6.45, 7) is 0.355. The molecule has 0 aromatic heterocycles. The molecular weight excluding hydrogens is 132 g/mol. The minimum absolute atomic E-state index is 0.0556. The third-order valence-electron chi connectivity index (χ3n) is 1.29. The Balaban J connectivity index is 2.28. The predicted molar refractivity (Wildman–Crippen MR) is 36.9 cm³/mol. The maximum atomic E-state index is 11.0. The molecule has 0 bridgehead atoms. The van der Waals surface area contributed by atoms with Gasteiger partial charge in [-0.15, -0.1) is 0 Å². The molecule has 1 aliphatic rings. The van der Waals surface area contributed by atoms with Crippen LogP contribution in [0.3, 0.4) is 0 Å². The van der Waals surface area contributed by atoms with Gasteiger partial charge >= 0.3 is 0 Å². The Morgan fingerprint density at radius 2 is 2.80 bits per heavy atom. The summed E-state index contributed by atoms with van der Waals surface area (Å²) in [7, 11) is 1.73. The zero-order chi connectivity index (χ0) is 7.40. The molecule has 0 spiro atoms. The number of oxime groups is 1. The molecule has 1 heterocycles. The van der Waals surface area contributed by atoms with Gasteiger partial charge in [-0.05, 0) is 7.05 Å². The van der Waals surface area contributed by atoms with Gasteiger partial charge < -0.3 is 10.2 Å². The molecule has 1 unspecified atom stereocenters. The first kappa shape index (κ1) is 7.21. The highest BCUT2D eigenvalue weighted by molar-refractivity contribution is 5.88. The summed E-state index contributed by atoms with van der Waals surface area (Å²) in [4.78, 5) is 15.7. The summed E-state index contributed by atoms with van der Waals surface area (Å²) < 4.78 is 0. The maximum Gasteiger partial charge on any atom is 0.191 e. The Morgan fingerprint density at radius 1 is 2.00 bits per heavy atom. The molecule has 0 fully saturated rings. The largest absolute Gasteiger partial charge is 0.384 e. The highest BCUT2D eigenvalue weighted by Gasteiger charge is 2.21. The number of Topliss-reactive ketones (excluding diaryl/α,β-unsaturated/α-hetero) is 1. The van der Waals surface area contributed by atoms with Gasteiger partial charge in [0.25, 0.3) is 0 Å². The number of carbonyl (C=O) groups excluding carboxylic acids is 1. The highest BCUT2D eigenvalue weighted by Crippen LogP contribution is 2.04. The Hall–Kier alpha value is -0.900. The van der Waals surface area contributed by atoms with Gasteiger partial charge in [0, 0.05) is 12.6 Å². The Kier molecular flexibility index (Phi) is 2.39. The van der Waals surface area contributed by atoms with E-state index in [0.29, 0.717) is 13.0 Å². The number of carbonyl (C=O) groups is 1. The van der Waals surface area contributed by atoms with E-state index in [1.807, 2.05) is 0 Å². The topological polar surface area (TPSA) is 50.7 Å². The second kappa shape index (κ2) is 3.31. The Morgan fingerprint density at radius 3 is 3.30 bits per heavy atom. The molecule has 4 heteroatoms. The predicted octanol–water partition coefficient (Wildman–Crippen LogP) is -0.450. The van der Waals surface area contributed by atoms with Crippen LogP contribution >= 0.6 is 0 Å². The third-order valence-corrected chi connectivity index (χ3v) is 1.29. The van der Waals surface area contributed by atoms with E-state index in [1.54, 1.807) is 13.3 Å². The van der Waals surface area contributed by atoms with E-state index in [4.69, 9.17) is 4.84 Å². The van der Waals surface area contributed by atoms with Crippen LogP contribution in [-0.2, 0) is 9.63 Å². The van der Waals surface area contributed by atoms with Crippen LogP contribution in [0.2, 0.25) is 0 Å². The van der Waals surface area contributed by atoms with E-state index >= 15 is 0 Å². The second-order valence-corrected chi connectivity index (χ2v) is 2.11. The van der Waals surface area contributed by atoms with Gasteiger partial charge in [-0.3, -0.25) is 4.79 Å². The van der Waals surface area contributed by atoms with Gasteiger partial charge in [-0.25, -0.2) is 0 Å². The molecule has 10 heavy (non-hydrogen) atoms. The standard InChI is InChI=1S/C6H10N2O2/c1-7-4-5(9)6-2-3-8-10-6/h3,6-7H,2,4H2,1H3. The van der Waals surface area contributed by atoms with Crippen molar-refractivity contribution in [2.24, 2.45) is 5.16 Å². The van der Waals surface area contributed by atoms with Crippen molar-refractivity contribution < 1.29 is 9.63 Å². The molecule has 1 aliphatic heterocycles. The van der Waals surface area contributed by atoms with Crippen LogP contribution in [0.15, 0.2) is 5.16 Å². The highest BCUT2D eigenvalue weighted by atomic mass is 16.6. The number of nitrogens with one attached hydrogen (secondary N) is 1. The van der Waals surface area contributed by atoms with Crippen LogP contribution < -0.4 is 5.32 Å². The Labute approximate surface area is 59.2 Å². The van der Waals surface area contributed by atoms with E-state index in [1.165, 1.54) is 0 Å². The number of rotatable bonds is 3. The summed E-state index contributed by atoms with van der Waals surface area (Å²) >= 11 is 0. The molecule has 0 amide bonds. The van der Waals surface area contributed by atoms with E-state index < -0.39 is 0 Å². The normalized spacial score (nSPS) is 22.7. The van der Waals surface area contributed by atoms with Gasteiger partial charge in [0.1, 0.15) is 0 Å². The van der Waals surface area contributed by atoms with Crippen molar-refractivity contribution in [3.8, 4) is 0 Å². The molecule has 0 saturated carbocycles. The van der Waals surface area contributed by atoms with E-state index in [9.17, 15) is 4.79 Å². The first-order valence-electron chi connectivity index (χ1n) is 3.19. The van der Waals surface area contributed by atoms with Crippen molar-refractivity contribution in [3.63, 3.8) is 0 Å². The van der Waals surface area contributed by atoms with Crippen LogP contribution in [0.4, 0.5) is 0 Å². The summed E-state index contributed by atoms with van der Waals surface area (Å²) in [5, 5.41) is 6.25. The van der Waals surface area contributed by atoms with E-state index in [2.05, 4.69) is 10.5 Å². The fraction of sp³-hybridized carbons (Fsp3) is 0.667. The van der Waals surface area contributed by atoms with Crippen molar-refractivity contribution in [1.82, 2.24) is 5.32 Å². The lowest BCUT2D eigenvalue weighted by molar-refractivity contribution is -0.127. The van der Waals surface area contributed by atoms with Crippen molar-refractivity contribution in [2.45, 2.75) is 12.5 Å². The first-order chi connectivity index (χ1) is 4.84. The minimum Gasteiger partial charge on any atom is -0.384 e. The molecular formula is C6H10N2O2. The van der Waals surface area contributed by atoms with Crippen molar-refractivity contribution in [2.75, 3.05) is 13.6 Å². The number of hydrogen-bond acceptors (Lipinski definition) is 4. The SMILES string of the molecule is CNCC(=O)C1CC=NO1. The van der Waals surface area contributed by atoms with Gasteiger partial charge in [0.05, 0.1) is 6.54 Å². The third kappa shape index (κ3) is 1.54. The molecule has 1 N–H and O–H groups in total. The number of nitrogens with zero attached hydrogens (tertiary/aromatic N) is 1. The van der Waals surface area contributed by atoms with Crippen molar-refractivity contribution >= 4 is 12.0 Å². The van der Waals surface area contributed by atoms with Crippen molar-refractivity contribution in [3.05, 3.63) is 0 Å². The monoisotopic (exact) mass is 142 g/mol. The van der Waals surface area contributed by atoms with Crippen molar-refractivity contribution in [1.29, 1.82) is 0 Å². The first-order valence-corrected chi connectivity index (χ1v) is 3.19. The molecule has 0 aliphatic carbocycles. The van der Waals surface area contributed by atoms with Crippen LogP contribution in [0.5, 0.6) is 0 Å². The molecule has 0 aromatic rings. The lowest BCUT2D eigenvalue weighted by Gasteiger charge is -2.04. The van der Waals surface area contributed by atoms with Gasteiger partial charge in [0.2, 0.25) is 0 Å². The number of ketones is 1. The number of likely N-dealkylation sites (N-methyl/N-ethyl adjacent to an activating group) is 1. The van der Waals surface area contributed by atoms with Crippen LogP contribution in [0.25, 0.3) is 0 Å². The summed E-state index contributed by atoms with van der Waals surface area (Å²) in [5.41, 5.74) is 0. The fourth-order valence-electron chi connectivity index (χ4n) is 0.777.